The zero-order valence-electron chi connectivity index (χ0n) is 8.58. The molecule has 0 bridgehead atoms. The van der Waals surface area contributed by atoms with Crippen molar-refractivity contribution in [2.24, 2.45) is 5.92 Å². The van der Waals surface area contributed by atoms with E-state index in [4.69, 9.17) is 9.84 Å². The summed E-state index contributed by atoms with van der Waals surface area (Å²) >= 11 is 3.38. The molecule has 0 aliphatic heterocycles. The van der Waals surface area contributed by atoms with Crippen LogP contribution in [0.4, 0.5) is 0 Å². The Balaban J connectivity index is 1.95. The highest BCUT2D eigenvalue weighted by molar-refractivity contribution is 9.10. The molecule has 1 aromatic rings. The van der Waals surface area contributed by atoms with Crippen molar-refractivity contribution in [3.05, 3.63) is 28.2 Å². The average molecular weight is 271 g/mol. The van der Waals surface area contributed by atoms with Crippen molar-refractivity contribution in [2.45, 2.75) is 25.9 Å². The molecule has 0 saturated heterocycles. The summed E-state index contributed by atoms with van der Waals surface area (Å²) < 4.78 is 6.61. The number of ether oxygens (including phenoxy) is 1. The van der Waals surface area contributed by atoms with Gasteiger partial charge >= 0.3 is 0 Å². The molecule has 3 heteroatoms. The molecule has 1 saturated carbocycles. The number of benzene rings is 1. The molecular weight excluding hydrogens is 256 g/mol. The summed E-state index contributed by atoms with van der Waals surface area (Å²) in [5.41, 5.74) is 0.876. The Morgan fingerprint density at radius 2 is 2.20 bits per heavy atom. The fourth-order valence-corrected chi connectivity index (χ4v) is 2.01. The Morgan fingerprint density at radius 3 is 2.80 bits per heavy atom. The topological polar surface area (TPSA) is 29.5 Å². The third-order valence-corrected chi connectivity index (χ3v) is 3.67. The highest BCUT2D eigenvalue weighted by atomic mass is 79.9. The summed E-state index contributed by atoms with van der Waals surface area (Å²) in [6.07, 6.45) is 3.93. The third-order valence-electron chi connectivity index (χ3n) is 2.90. The minimum absolute atomic E-state index is 0.0429. The molecular formula is C12H15BrO2. The monoisotopic (exact) mass is 270 g/mol. The first-order valence-electron chi connectivity index (χ1n) is 5.31. The Hall–Kier alpha value is -0.540. The number of halogens is 1. The van der Waals surface area contributed by atoms with Gasteiger partial charge in [0.25, 0.3) is 0 Å². The largest absolute Gasteiger partial charge is 0.493 e. The van der Waals surface area contributed by atoms with Gasteiger partial charge in [0.15, 0.2) is 0 Å². The predicted molar refractivity (Wildman–Crippen MR) is 62.9 cm³/mol. The molecule has 0 atom stereocenters. The van der Waals surface area contributed by atoms with E-state index in [-0.39, 0.29) is 6.61 Å². The van der Waals surface area contributed by atoms with Gasteiger partial charge in [-0.25, -0.2) is 0 Å². The van der Waals surface area contributed by atoms with Crippen LogP contribution in [0.15, 0.2) is 22.7 Å². The molecule has 1 aromatic carbocycles. The highest BCUT2D eigenvalue weighted by Crippen LogP contribution is 2.28. The molecule has 2 rings (SSSR count). The molecule has 1 aliphatic rings. The Bertz CT molecular complexity index is 334. The lowest BCUT2D eigenvalue weighted by atomic mass is 9.86. The van der Waals surface area contributed by atoms with Crippen LogP contribution in [0.25, 0.3) is 0 Å². The molecule has 0 amide bonds. The van der Waals surface area contributed by atoms with E-state index >= 15 is 0 Å². The Kier molecular flexibility index (Phi) is 3.65. The van der Waals surface area contributed by atoms with Gasteiger partial charge in [0.2, 0.25) is 0 Å². The van der Waals surface area contributed by atoms with Gasteiger partial charge in [0, 0.05) is 4.47 Å². The Morgan fingerprint density at radius 1 is 1.40 bits per heavy atom. The van der Waals surface area contributed by atoms with Crippen LogP contribution in [-0.4, -0.2) is 11.7 Å². The fourth-order valence-electron chi connectivity index (χ4n) is 1.64. The van der Waals surface area contributed by atoms with Crippen LogP contribution in [0, 0.1) is 5.92 Å². The van der Waals surface area contributed by atoms with Crippen LogP contribution in [0.3, 0.4) is 0 Å². The lowest BCUT2D eigenvalue weighted by Crippen LogP contribution is -2.19. The number of rotatable bonds is 4. The van der Waals surface area contributed by atoms with Crippen LogP contribution in [0.1, 0.15) is 24.8 Å². The molecule has 0 unspecified atom stereocenters. The van der Waals surface area contributed by atoms with E-state index < -0.39 is 0 Å². The molecule has 2 nitrogen and oxygen atoms in total. The van der Waals surface area contributed by atoms with E-state index in [1.165, 1.54) is 19.3 Å². The summed E-state index contributed by atoms with van der Waals surface area (Å²) in [4.78, 5) is 0. The first kappa shape index (κ1) is 11.0. The maximum atomic E-state index is 9.09. The van der Waals surface area contributed by atoms with Crippen molar-refractivity contribution >= 4 is 15.9 Å². The number of aliphatic hydroxyl groups excluding tert-OH is 1. The quantitative estimate of drug-likeness (QED) is 0.911. The average Bonchev–Trinajstić information content (AvgIpc) is 2.18. The van der Waals surface area contributed by atoms with Crippen LogP contribution < -0.4 is 4.74 Å². The zero-order valence-corrected chi connectivity index (χ0v) is 10.2. The molecule has 0 spiro atoms. The van der Waals surface area contributed by atoms with Crippen molar-refractivity contribution in [2.75, 3.05) is 6.61 Å². The van der Waals surface area contributed by atoms with E-state index in [1.54, 1.807) is 0 Å². The van der Waals surface area contributed by atoms with Crippen molar-refractivity contribution in [1.82, 2.24) is 0 Å². The number of hydrogen-bond donors (Lipinski definition) is 1. The van der Waals surface area contributed by atoms with Gasteiger partial charge < -0.3 is 9.84 Å². The van der Waals surface area contributed by atoms with Gasteiger partial charge in [-0.15, -0.1) is 0 Å². The molecule has 1 fully saturated rings. The maximum absolute atomic E-state index is 9.09. The normalized spacial score (nSPS) is 16.1. The number of aliphatic hydroxyl groups is 1. The highest BCUT2D eigenvalue weighted by Gasteiger charge is 2.17. The van der Waals surface area contributed by atoms with Gasteiger partial charge in [-0.3, -0.25) is 0 Å². The van der Waals surface area contributed by atoms with Crippen LogP contribution in [0.2, 0.25) is 0 Å². The Labute approximate surface area is 98.4 Å². The van der Waals surface area contributed by atoms with Crippen molar-refractivity contribution in [1.29, 1.82) is 0 Å². The lowest BCUT2D eigenvalue weighted by molar-refractivity contribution is 0.180. The van der Waals surface area contributed by atoms with Gasteiger partial charge in [-0.2, -0.15) is 0 Å². The number of hydrogen-bond acceptors (Lipinski definition) is 2. The first-order valence-corrected chi connectivity index (χ1v) is 6.11. The minimum atomic E-state index is 0.0429. The summed E-state index contributed by atoms with van der Waals surface area (Å²) in [6.45, 7) is 0.855. The minimum Gasteiger partial charge on any atom is -0.493 e. The molecule has 1 N–H and O–H groups in total. The molecule has 1 aliphatic carbocycles. The second kappa shape index (κ2) is 4.99. The third kappa shape index (κ3) is 2.73. The van der Waals surface area contributed by atoms with Gasteiger partial charge in [0.1, 0.15) is 5.75 Å². The second-order valence-electron chi connectivity index (χ2n) is 4.02. The van der Waals surface area contributed by atoms with Crippen LogP contribution in [0.5, 0.6) is 5.75 Å². The lowest BCUT2D eigenvalue weighted by Gasteiger charge is -2.25. The van der Waals surface area contributed by atoms with E-state index in [0.29, 0.717) is 0 Å². The SMILES string of the molecule is OCc1cc(OCC2CCC2)ccc1Br. The predicted octanol–water partition coefficient (Wildman–Crippen LogP) is 3.12. The van der Waals surface area contributed by atoms with E-state index in [9.17, 15) is 0 Å². The van der Waals surface area contributed by atoms with Crippen molar-refractivity contribution in [3.8, 4) is 5.75 Å². The zero-order chi connectivity index (χ0) is 10.7. The van der Waals surface area contributed by atoms with E-state index in [2.05, 4.69) is 15.9 Å². The molecule has 0 heterocycles. The summed E-state index contributed by atoms with van der Waals surface area (Å²) in [5, 5.41) is 9.09. The first-order chi connectivity index (χ1) is 7.29. The van der Waals surface area contributed by atoms with Crippen LogP contribution >= 0.6 is 15.9 Å². The summed E-state index contributed by atoms with van der Waals surface area (Å²) in [5.74, 6) is 1.60. The maximum Gasteiger partial charge on any atom is 0.119 e. The molecule has 15 heavy (non-hydrogen) atoms. The smallest absolute Gasteiger partial charge is 0.119 e. The van der Waals surface area contributed by atoms with E-state index in [0.717, 1.165) is 28.3 Å². The second-order valence-corrected chi connectivity index (χ2v) is 4.87. The van der Waals surface area contributed by atoms with Crippen molar-refractivity contribution < 1.29 is 9.84 Å². The van der Waals surface area contributed by atoms with E-state index in [1.807, 2.05) is 18.2 Å². The molecule has 0 radical (unpaired) electrons. The summed E-state index contributed by atoms with van der Waals surface area (Å²) in [6, 6.07) is 5.74. The van der Waals surface area contributed by atoms with Crippen LogP contribution in [-0.2, 0) is 6.61 Å². The standard InChI is InChI=1S/C12H15BrO2/c13-12-5-4-11(6-10(12)7-14)15-8-9-2-1-3-9/h4-6,9,14H,1-3,7-8H2. The molecule has 0 aromatic heterocycles. The fraction of sp³-hybridized carbons (Fsp3) is 0.500. The van der Waals surface area contributed by atoms with Gasteiger partial charge in [-0.1, -0.05) is 22.4 Å². The van der Waals surface area contributed by atoms with Gasteiger partial charge in [-0.05, 0) is 42.5 Å². The van der Waals surface area contributed by atoms with Gasteiger partial charge in [0.05, 0.1) is 13.2 Å². The molecule has 82 valence electrons. The van der Waals surface area contributed by atoms with Crippen molar-refractivity contribution in [3.63, 3.8) is 0 Å². The summed E-state index contributed by atoms with van der Waals surface area (Å²) in [7, 11) is 0.